The fourth-order valence-electron chi connectivity index (χ4n) is 1.99. The van der Waals surface area contributed by atoms with Crippen LogP contribution in [0.15, 0.2) is 53.9 Å². The maximum Gasteiger partial charge on any atom is 0.180 e. The number of aromatic nitrogens is 1. The molecule has 0 radical (unpaired) electrons. The second-order valence-electron chi connectivity index (χ2n) is 5.36. The van der Waals surface area contributed by atoms with Crippen LogP contribution in [0.25, 0.3) is 0 Å². The van der Waals surface area contributed by atoms with Gasteiger partial charge in [-0.2, -0.15) is 0 Å². The molecule has 4 heteroatoms. The van der Waals surface area contributed by atoms with Crippen LogP contribution in [-0.2, 0) is 6.42 Å². The van der Waals surface area contributed by atoms with E-state index < -0.39 is 0 Å². The molecule has 0 amide bonds. The van der Waals surface area contributed by atoms with E-state index in [0.29, 0.717) is 5.13 Å². The summed E-state index contributed by atoms with van der Waals surface area (Å²) < 4.78 is 5.09. The fraction of sp³-hybridized carbons (Fsp3) is 0.286. The van der Waals surface area contributed by atoms with Gasteiger partial charge in [-0.3, -0.25) is 0 Å². The molecule has 0 aliphatic heterocycles. The number of hydrogen-bond acceptors (Lipinski definition) is 4. The number of ether oxygens (including phenoxy) is 1. The second kappa shape index (κ2) is 11.3. The Labute approximate surface area is 155 Å². The van der Waals surface area contributed by atoms with E-state index in [1.165, 1.54) is 28.0 Å². The van der Waals surface area contributed by atoms with Crippen LogP contribution in [0.1, 0.15) is 36.2 Å². The first-order valence-corrected chi connectivity index (χ1v) is 9.31. The Kier molecular flexibility index (Phi) is 9.33. The largest absolute Gasteiger partial charge is 0.497 e. The van der Waals surface area contributed by atoms with Crippen molar-refractivity contribution in [2.45, 2.75) is 34.1 Å². The molecule has 0 unspecified atom stereocenters. The predicted molar refractivity (Wildman–Crippen MR) is 110 cm³/mol. The van der Waals surface area contributed by atoms with Crippen molar-refractivity contribution in [3.05, 3.63) is 76.3 Å². The molecule has 2 aromatic carbocycles. The molecule has 134 valence electrons. The van der Waals surface area contributed by atoms with Crippen molar-refractivity contribution in [3.8, 4) is 5.75 Å². The number of aryl methyl sites for hydroxylation is 2. The number of anilines is 1. The number of hydrogen-bond donors (Lipinski definition) is 1. The molecule has 0 aliphatic carbocycles. The monoisotopic (exact) mass is 356 g/mol. The van der Waals surface area contributed by atoms with Gasteiger partial charge in [0, 0.05) is 11.8 Å². The summed E-state index contributed by atoms with van der Waals surface area (Å²) in [6.07, 6.45) is 0.817. The average Bonchev–Trinajstić information content (AvgIpc) is 3.05. The molecular formula is C21H28N2OS. The number of benzene rings is 2. The Morgan fingerprint density at radius 3 is 1.84 bits per heavy atom. The van der Waals surface area contributed by atoms with Crippen molar-refractivity contribution in [2.75, 3.05) is 12.8 Å². The summed E-state index contributed by atoms with van der Waals surface area (Å²) in [5.74, 6) is 0.872. The highest BCUT2D eigenvalue weighted by Gasteiger charge is 2.00. The van der Waals surface area contributed by atoms with Crippen molar-refractivity contribution < 1.29 is 4.74 Å². The third-order valence-electron chi connectivity index (χ3n) is 3.33. The normalized spacial score (nSPS) is 9.32. The van der Waals surface area contributed by atoms with E-state index in [-0.39, 0.29) is 0 Å². The van der Waals surface area contributed by atoms with Crippen LogP contribution in [0, 0.1) is 13.8 Å². The molecule has 0 saturated heterocycles. The minimum absolute atomic E-state index is 0.624. The lowest BCUT2D eigenvalue weighted by Crippen LogP contribution is -1.90. The lowest BCUT2D eigenvalue weighted by molar-refractivity contribution is 0.414. The van der Waals surface area contributed by atoms with Crippen molar-refractivity contribution >= 4 is 16.5 Å². The summed E-state index contributed by atoms with van der Waals surface area (Å²) >= 11 is 1.47. The predicted octanol–water partition coefficient (Wildman–Crippen LogP) is 5.65. The minimum Gasteiger partial charge on any atom is -0.497 e. The van der Waals surface area contributed by atoms with Crippen LogP contribution in [-0.4, -0.2) is 12.1 Å². The van der Waals surface area contributed by atoms with Gasteiger partial charge in [0.05, 0.1) is 12.8 Å². The van der Waals surface area contributed by atoms with Crippen molar-refractivity contribution in [3.63, 3.8) is 0 Å². The van der Waals surface area contributed by atoms with E-state index in [9.17, 15) is 0 Å². The molecule has 2 N–H and O–H groups in total. The summed E-state index contributed by atoms with van der Waals surface area (Å²) in [6, 6.07) is 16.5. The topological polar surface area (TPSA) is 48.1 Å². The summed E-state index contributed by atoms with van der Waals surface area (Å²) in [6.45, 7) is 8.19. The Bertz CT molecular complexity index is 697. The zero-order valence-corrected chi connectivity index (χ0v) is 16.6. The zero-order valence-electron chi connectivity index (χ0n) is 15.7. The molecule has 0 atom stereocenters. The van der Waals surface area contributed by atoms with Crippen molar-refractivity contribution in [1.82, 2.24) is 4.98 Å². The van der Waals surface area contributed by atoms with Gasteiger partial charge >= 0.3 is 0 Å². The quantitative estimate of drug-likeness (QED) is 0.659. The zero-order chi connectivity index (χ0) is 18.7. The van der Waals surface area contributed by atoms with E-state index in [0.717, 1.165) is 17.9 Å². The summed E-state index contributed by atoms with van der Waals surface area (Å²) in [4.78, 5) is 4.21. The molecular weight excluding hydrogens is 328 g/mol. The SMILES string of the molecule is CC.COc1ccc(Cc2csc(N)n2)cc1.Cc1ccc(C)cc1. The standard InChI is InChI=1S/C11H12N2OS.C8H10.C2H6/c1-14-10-4-2-8(3-5-10)6-9-7-15-11(12)13-9;1-7-3-5-8(2)6-4-7;1-2/h2-5,7H,6H2,1H3,(H2,12,13);3-6H,1-2H3;1-2H3. The molecule has 1 aromatic heterocycles. The van der Waals surface area contributed by atoms with Gasteiger partial charge in [-0.1, -0.05) is 61.4 Å². The molecule has 0 bridgehead atoms. The highest BCUT2D eigenvalue weighted by Crippen LogP contribution is 2.17. The Balaban J connectivity index is 0.000000264. The van der Waals surface area contributed by atoms with E-state index in [4.69, 9.17) is 10.5 Å². The van der Waals surface area contributed by atoms with E-state index in [1.54, 1.807) is 7.11 Å². The Hall–Kier alpha value is -2.33. The lowest BCUT2D eigenvalue weighted by Gasteiger charge is -2.01. The van der Waals surface area contributed by atoms with Crippen LogP contribution in [0.4, 0.5) is 5.13 Å². The van der Waals surface area contributed by atoms with Crippen molar-refractivity contribution in [1.29, 1.82) is 0 Å². The first kappa shape index (κ1) is 20.7. The third kappa shape index (κ3) is 7.86. The number of nitrogen functional groups attached to an aromatic ring is 1. The first-order chi connectivity index (χ1) is 12.1. The Morgan fingerprint density at radius 2 is 1.44 bits per heavy atom. The Morgan fingerprint density at radius 1 is 0.920 bits per heavy atom. The molecule has 1 heterocycles. The van der Waals surface area contributed by atoms with E-state index >= 15 is 0 Å². The molecule has 0 fully saturated rings. The maximum atomic E-state index is 5.57. The summed E-state index contributed by atoms with van der Waals surface area (Å²) in [7, 11) is 1.66. The molecule has 0 spiro atoms. The van der Waals surface area contributed by atoms with E-state index in [1.807, 2.05) is 43.5 Å². The van der Waals surface area contributed by atoms with Gasteiger partial charge in [0.2, 0.25) is 0 Å². The van der Waals surface area contributed by atoms with Gasteiger partial charge in [-0.15, -0.1) is 11.3 Å². The molecule has 3 aromatic rings. The average molecular weight is 357 g/mol. The van der Waals surface area contributed by atoms with Crippen LogP contribution in [0.3, 0.4) is 0 Å². The van der Waals surface area contributed by atoms with Crippen molar-refractivity contribution in [2.24, 2.45) is 0 Å². The van der Waals surface area contributed by atoms with Crippen LogP contribution >= 0.6 is 11.3 Å². The highest BCUT2D eigenvalue weighted by atomic mass is 32.1. The van der Waals surface area contributed by atoms with Gasteiger partial charge in [-0.05, 0) is 31.5 Å². The van der Waals surface area contributed by atoms with Crippen LogP contribution in [0.2, 0.25) is 0 Å². The number of thiazole rings is 1. The third-order valence-corrected chi connectivity index (χ3v) is 4.05. The maximum absolute atomic E-state index is 5.57. The van der Waals surface area contributed by atoms with Gasteiger partial charge in [0.25, 0.3) is 0 Å². The van der Waals surface area contributed by atoms with Gasteiger partial charge < -0.3 is 10.5 Å². The molecule has 3 nitrogen and oxygen atoms in total. The van der Waals surface area contributed by atoms with Gasteiger partial charge in [0.15, 0.2) is 5.13 Å². The summed E-state index contributed by atoms with van der Waals surface area (Å²) in [5, 5.41) is 2.61. The summed E-state index contributed by atoms with van der Waals surface area (Å²) in [5.41, 5.74) is 10.4. The molecule has 0 saturated carbocycles. The number of nitrogens with two attached hydrogens (primary N) is 1. The molecule has 3 rings (SSSR count). The molecule has 25 heavy (non-hydrogen) atoms. The number of methoxy groups -OCH3 is 1. The van der Waals surface area contributed by atoms with Crippen LogP contribution < -0.4 is 10.5 Å². The highest BCUT2D eigenvalue weighted by molar-refractivity contribution is 7.13. The van der Waals surface area contributed by atoms with Crippen LogP contribution in [0.5, 0.6) is 5.75 Å². The second-order valence-corrected chi connectivity index (χ2v) is 6.25. The lowest BCUT2D eigenvalue weighted by atomic mass is 10.1. The van der Waals surface area contributed by atoms with Gasteiger partial charge in [0.1, 0.15) is 5.75 Å². The fourth-order valence-corrected chi connectivity index (χ4v) is 2.56. The molecule has 0 aliphatic rings. The smallest absolute Gasteiger partial charge is 0.180 e. The minimum atomic E-state index is 0.624. The first-order valence-electron chi connectivity index (χ1n) is 8.43. The number of rotatable bonds is 3. The number of nitrogens with zero attached hydrogens (tertiary/aromatic N) is 1. The van der Waals surface area contributed by atoms with Gasteiger partial charge in [-0.25, -0.2) is 4.98 Å². The van der Waals surface area contributed by atoms with E-state index in [2.05, 4.69) is 43.1 Å².